The number of halogens is 1. The summed E-state index contributed by atoms with van der Waals surface area (Å²) in [6.45, 7) is 2.56. The molecule has 1 aromatic rings. The van der Waals surface area contributed by atoms with Crippen molar-refractivity contribution in [2.24, 2.45) is 5.92 Å². The lowest BCUT2D eigenvalue weighted by Gasteiger charge is -2.35. The van der Waals surface area contributed by atoms with Gasteiger partial charge in [0, 0.05) is 6.54 Å². The highest BCUT2D eigenvalue weighted by atomic mass is 35.5. The number of aliphatic hydroxyl groups is 1. The van der Waals surface area contributed by atoms with Gasteiger partial charge in [0.05, 0.1) is 12.7 Å². The van der Waals surface area contributed by atoms with Gasteiger partial charge in [0.15, 0.2) is 0 Å². The molecule has 106 valence electrons. The summed E-state index contributed by atoms with van der Waals surface area (Å²) in [6.07, 6.45) is 3.80. The molecule has 1 heterocycles. The Morgan fingerprint density at radius 1 is 1.47 bits per heavy atom. The van der Waals surface area contributed by atoms with E-state index in [1.165, 1.54) is 13.5 Å². The average molecular weight is 287 g/mol. The molecule has 19 heavy (non-hydrogen) atoms. The summed E-state index contributed by atoms with van der Waals surface area (Å²) in [5.41, 5.74) is -0.704. The summed E-state index contributed by atoms with van der Waals surface area (Å²) in [5, 5.41) is 13.6. The minimum atomic E-state index is -0.704. The molecule has 2 unspecified atom stereocenters. The molecule has 2 N–H and O–H groups in total. The first-order valence-electron chi connectivity index (χ1n) is 6.42. The lowest BCUT2D eigenvalue weighted by molar-refractivity contribution is -0.000912. The average Bonchev–Trinajstić information content (AvgIpc) is 2.35. The van der Waals surface area contributed by atoms with Crippen LogP contribution in [0.15, 0.2) is 0 Å². The van der Waals surface area contributed by atoms with Crippen LogP contribution >= 0.6 is 11.6 Å². The Morgan fingerprint density at radius 2 is 2.26 bits per heavy atom. The Labute approximate surface area is 117 Å². The molecule has 0 aromatic carbocycles. The summed E-state index contributed by atoms with van der Waals surface area (Å²) in [7, 11) is 1.46. The molecule has 1 aliphatic carbocycles. The maximum absolute atomic E-state index is 10.5. The van der Waals surface area contributed by atoms with Crippen LogP contribution < -0.4 is 10.1 Å². The fourth-order valence-corrected chi connectivity index (χ4v) is 2.69. The third-order valence-corrected chi connectivity index (χ3v) is 3.58. The summed E-state index contributed by atoms with van der Waals surface area (Å²) >= 11 is 5.76. The number of anilines is 1. The zero-order chi connectivity index (χ0) is 13.9. The first kappa shape index (κ1) is 14.3. The van der Waals surface area contributed by atoms with Crippen molar-refractivity contribution in [3.63, 3.8) is 0 Å². The summed E-state index contributed by atoms with van der Waals surface area (Å²) in [5.74, 6) is 0.862. The number of nitrogens with one attached hydrogen (secondary N) is 1. The zero-order valence-electron chi connectivity index (χ0n) is 11.2. The normalized spacial score (nSPS) is 27.1. The molecule has 2 rings (SSSR count). The van der Waals surface area contributed by atoms with Crippen LogP contribution in [0.4, 0.5) is 5.95 Å². The summed E-state index contributed by atoms with van der Waals surface area (Å²) in [4.78, 5) is 11.8. The highest BCUT2D eigenvalue weighted by Gasteiger charge is 2.32. The van der Waals surface area contributed by atoms with Crippen molar-refractivity contribution in [3.8, 4) is 6.01 Å². The van der Waals surface area contributed by atoms with E-state index < -0.39 is 5.60 Å². The minimum Gasteiger partial charge on any atom is -0.467 e. The van der Waals surface area contributed by atoms with Crippen LogP contribution in [0.3, 0.4) is 0 Å². The van der Waals surface area contributed by atoms with Crippen LogP contribution in [0.1, 0.15) is 32.6 Å². The Hall–Kier alpha value is -1.14. The van der Waals surface area contributed by atoms with Gasteiger partial charge in [-0.3, -0.25) is 0 Å². The molecule has 7 heteroatoms. The van der Waals surface area contributed by atoms with E-state index in [0.29, 0.717) is 18.4 Å². The third-order valence-electron chi connectivity index (χ3n) is 3.41. The highest BCUT2D eigenvalue weighted by molar-refractivity contribution is 6.28. The standard InChI is InChI=1S/C12H19ClN4O2/c1-8-4-3-5-12(18,6-8)7-14-10-15-9(13)16-11(17-10)19-2/h8,18H,3-7H2,1-2H3,(H,14,15,16,17). The molecule has 2 atom stereocenters. The Bertz CT molecular complexity index is 446. The van der Waals surface area contributed by atoms with E-state index in [2.05, 4.69) is 27.2 Å². The molecule has 1 aliphatic rings. The van der Waals surface area contributed by atoms with Gasteiger partial charge < -0.3 is 15.2 Å². The zero-order valence-corrected chi connectivity index (χ0v) is 11.9. The molecule has 0 radical (unpaired) electrons. The lowest BCUT2D eigenvalue weighted by Crippen LogP contribution is -2.41. The lowest BCUT2D eigenvalue weighted by atomic mass is 9.79. The molecule has 0 bridgehead atoms. The first-order valence-corrected chi connectivity index (χ1v) is 6.80. The number of nitrogens with zero attached hydrogens (tertiary/aromatic N) is 3. The molecule has 1 aromatic heterocycles. The van der Waals surface area contributed by atoms with Gasteiger partial charge in [-0.25, -0.2) is 0 Å². The Kier molecular flexibility index (Phi) is 4.42. The molecule has 0 saturated heterocycles. The van der Waals surface area contributed by atoms with Crippen LogP contribution in [0.25, 0.3) is 0 Å². The second kappa shape index (κ2) is 5.88. The number of aromatic nitrogens is 3. The van der Waals surface area contributed by atoms with Crippen LogP contribution in [-0.4, -0.2) is 39.3 Å². The maximum atomic E-state index is 10.5. The topological polar surface area (TPSA) is 80.2 Å². The molecule has 0 aliphatic heterocycles. The maximum Gasteiger partial charge on any atom is 0.322 e. The van der Waals surface area contributed by atoms with Gasteiger partial charge in [-0.2, -0.15) is 15.0 Å². The second-order valence-electron chi connectivity index (χ2n) is 5.19. The van der Waals surface area contributed by atoms with Gasteiger partial charge in [0.1, 0.15) is 0 Å². The predicted octanol–water partition coefficient (Wildman–Crippen LogP) is 1.89. The fourth-order valence-electron chi connectivity index (χ4n) is 2.54. The van der Waals surface area contributed by atoms with E-state index in [1.54, 1.807) is 0 Å². The van der Waals surface area contributed by atoms with Crippen molar-refractivity contribution >= 4 is 17.5 Å². The van der Waals surface area contributed by atoms with E-state index in [-0.39, 0.29) is 11.3 Å². The predicted molar refractivity (Wildman–Crippen MR) is 72.5 cm³/mol. The van der Waals surface area contributed by atoms with Crippen molar-refractivity contribution in [2.45, 2.75) is 38.2 Å². The third kappa shape index (κ3) is 3.91. The second-order valence-corrected chi connectivity index (χ2v) is 5.53. The number of hydrogen-bond acceptors (Lipinski definition) is 6. The largest absolute Gasteiger partial charge is 0.467 e. The van der Waals surface area contributed by atoms with Gasteiger partial charge in [0.25, 0.3) is 0 Å². The highest BCUT2D eigenvalue weighted by Crippen LogP contribution is 2.32. The van der Waals surface area contributed by atoms with Gasteiger partial charge in [0.2, 0.25) is 11.2 Å². The number of hydrogen-bond donors (Lipinski definition) is 2. The number of rotatable bonds is 4. The van der Waals surface area contributed by atoms with Crippen molar-refractivity contribution in [3.05, 3.63) is 5.28 Å². The van der Waals surface area contributed by atoms with Gasteiger partial charge >= 0.3 is 6.01 Å². The Balaban J connectivity index is 1.99. The number of ether oxygens (including phenoxy) is 1. The molecular formula is C12H19ClN4O2. The van der Waals surface area contributed by atoms with E-state index in [1.807, 2.05) is 0 Å². The summed E-state index contributed by atoms with van der Waals surface area (Å²) in [6, 6.07) is 0.159. The van der Waals surface area contributed by atoms with Crippen molar-refractivity contribution < 1.29 is 9.84 Å². The van der Waals surface area contributed by atoms with Crippen LogP contribution in [0.5, 0.6) is 6.01 Å². The van der Waals surface area contributed by atoms with Crippen LogP contribution in [-0.2, 0) is 0 Å². The van der Waals surface area contributed by atoms with Crippen LogP contribution in [0.2, 0.25) is 5.28 Å². The quantitative estimate of drug-likeness (QED) is 0.880. The van der Waals surface area contributed by atoms with Crippen LogP contribution in [0, 0.1) is 5.92 Å². The number of methoxy groups -OCH3 is 1. The monoisotopic (exact) mass is 286 g/mol. The summed E-state index contributed by atoms with van der Waals surface area (Å²) < 4.78 is 4.92. The fraction of sp³-hybridized carbons (Fsp3) is 0.750. The smallest absolute Gasteiger partial charge is 0.322 e. The van der Waals surface area contributed by atoms with E-state index in [4.69, 9.17) is 16.3 Å². The molecule has 6 nitrogen and oxygen atoms in total. The molecule has 0 spiro atoms. The first-order chi connectivity index (χ1) is 9.00. The molecule has 1 fully saturated rings. The van der Waals surface area contributed by atoms with E-state index >= 15 is 0 Å². The van der Waals surface area contributed by atoms with E-state index in [0.717, 1.165) is 19.3 Å². The molecule has 0 amide bonds. The van der Waals surface area contributed by atoms with Crippen molar-refractivity contribution in [2.75, 3.05) is 19.0 Å². The molecular weight excluding hydrogens is 268 g/mol. The van der Waals surface area contributed by atoms with Gasteiger partial charge in [-0.1, -0.05) is 19.8 Å². The Morgan fingerprint density at radius 3 is 2.95 bits per heavy atom. The SMILES string of the molecule is COc1nc(Cl)nc(NCC2(O)CCCC(C)C2)n1. The van der Waals surface area contributed by atoms with Gasteiger partial charge in [-0.05, 0) is 30.4 Å². The minimum absolute atomic E-state index is 0.0679. The van der Waals surface area contributed by atoms with E-state index in [9.17, 15) is 5.11 Å². The van der Waals surface area contributed by atoms with Gasteiger partial charge in [-0.15, -0.1) is 0 Å². The molecule has 1 saturated carbocycles. The van der Waals surface area contributed by atoms with Crippen molar-refractivity contribution in [1.82, 2.24) is 15.0 Å². The van der Waals surface area contributed by atoms with Crippen molar-refractivity contribution in [1.29, 1.82) is 0 Å².